The largest absolute Gasteiger partial charge is 0.328 e. The minimum absolute atomic E-state index is 1.11. The maximum absolute atomic E-state index is 4.90. The number of hydrogen-bond acceptors (Lipinski definition) is 1. The van der Waals surface area contributed by atoms with E-state index >= 15 is 0 Å². The van der Waals surface area contributed by atoms with Gasteiger partial charge in [0.1, 0.15) is 5.82 Å². The Morgan fingerprint density at radius 2 is 1.38 bits per heavy atom. The van der Waals surface area contributed by atoms with E-state index in [0.29, 0.717) is 0 Å². The van der Waals surface area contributed by atoms with Gasteiger partial charge in [-0.2, -0.15) is 0 Å². The fourth-order valence-corrected chi connectivity index (χ4v) is 3.48. The molecule has 2 nitrogen and oxygen atoms in total. The van der Waals surface area contributed by atoms with E-state index in [2.05, 4.69) is 42.7 Å². The Morgan fingerprint density at radius 1 is 0.750 bits per heavy atom. The van der Waals surface area contributed by atoms with E-state index in [1.54, 1.807) is 0 Å². The number of fused-ring (bicyclic) bond motifs is 1. The van der Waals surface area contributed by atoms with Crippen LogP contribution in [0.2, 0.25) is 0 Å². The first-order valence-corrected chi connectivity index (χ1v) is 10.3. The Balaban J connectivity index is 1.75. The molecule has 0 fully saturated rings. The highest BCUT2D eigenvalue weighted by Crippen LogP contribution is 2.19. The third kappa shape index (κ3) is 5.96. The van der Waals surface area contributed by atoms with Crippen molar-refractivity contribution < 1.29 is 0 Å². The van der Waals surface area contributed by atoms with Crippen LogP contribution in [-0.2, 0) is 13.0 Å². The van der Waals surface area contributed by atoms with Crippen LogP contribution in [0.25, 0.3) is 11.0 Å². The lowest BCUT2D eigenvalue weighted by Crippen LogP contribution is -2.04. The summed E-state index contributed by atoms with van der Waals surface area (Å²) in [7, 11) is 0. The van der Waals surface area contributed by atoms with Crippen LogP contribution in [0.1, 0.15) is 90.3 Å². The summed E-state index contributed by atoms with van der Waals surface area (Å²) in [5, 5.41) is 0. The van der Waals surface area contributed by atoms with Crippen molar-refractivity contribution in [2.24, 2.45) is 0 Å². The monoisotopic (exact) mass is 328 g/mol. The normalized spacial score (nSPS) is 11.4. The zero-order chi connectivity index (χ0) is 17.0. The number of hydrogen-bond donors (Lipinski definition) is 0. The zero-order valence-electron chi connectivity index (χ0n) is 15.9. The maximum Gasteiger partial charge on any atom is 0.109 e. The van der Waals surface area contributed by atoms with E-state index in [9.17, 15) is 0 Å². The molecule has 0 N–H and O–H groups in total. The van der Waals surface area contributed by atoms with Crippen LogP contribution in [0.5, 0.6) is 0 Å². The topological polar surface area (TPSA) is 17.8 Å². The first-order valence-electron chi connectivity index (χ1n) is 10.3. The molecule has 0 aliphatic rings. The Kier molecular flexibility index (Phi) is 8.94. The summed E-state index contributed by atoms with van der Waals surface area (Å²) in [6.45, 7) is 5.66. The lowest BCUT2D eigenvalue weighted by Gasteiger charge is -2.08. The molecule has 0 saturated heterocycles. The summed E-state index contributed by atoms with van der Waals surface area (Å²) in [5.74, 6) is 1.30. The van der Waals surface area contributed by atoms with Crippen molar-refractivity contribution in [2.45, 2.75) is 97.4 Å². The molecule has 0 spiro atoms. The van der Waals surface area contributed by atoms with Crippen molar-refractivity contribution in [1.82, 2.24) is 9.55 Å². The van der Waals surface area contributed by atoms with Gasteiger partial charge in [-0.15, -0.1) is 0 Å². The van der Waals surface area contributed by atoms with Crippen LogP contribution in [-0.4, -0.2) is 9.55 Å². The highest BCUT2D eigenvalue weighted by atomic mass is 15.1. The smallest absolute Gasteiger partial charge is 0.109 e. The van der Waals surface area contributed by atoms with Gasteiger partial charge >= 0.3 is 0 Å². The van der Waals surface area contributed by atoms with Gasteiger partial charge in [-0.3, -0.25) is 0 Å². The number of imidazole rings is 1. The average Bonchev–Trinajstić information content (AvgIpc) is 2.96. The molecule has 1 aromatic heterocycles. The van der Waals surface area contributed by atoms with Gasteiger partial charge in [-0.1, -0.05) is 83.8 Å². The van der Waals surface area contributed by atoms with Gasteiger partial charge in [-0.25, -0.2) is 4.98 Å². The minimum atomic E-state index is 1.11. The van der Waals surface area contributed by atoms with Crippen LogP contribution in [0.15, 0.2) is 24.3 Å². The van der Waals surface area contributed by atoms with Gasteiger partial charge in [-0.05, 0) is 25.0 Å². The highest BCUT2D eigenvalue weighted by Gasteiger charge is 2.09. The molecule has 0 atom stereocenters. The average molecular weight is 329 g/mol. The quantitative estimate of drug-likeness (QED) is 0.365. The summed E-state index contributed by atoms with van der Waals surface area (Å²) in [6.07, 6.45) is 16.1. The fraction of sp³-hybridized carbons (Fsp3) is 0.682. The van der Waals surface area contributed by atoms with Crippen molar-refractivity contribution >= 4 is 11.0 Å². The lowest BCUT2D eigenvalue weighted by molar-refractivity contribution is 0.552. The highest BCUT2D eigenvalue weighted by molar-refractivity contribution is 5.75. The lowest BCUT2D eigenvalue weighted by atomic mass is 10.1. The van der Waals surface area contributed by atoms with Gasteiger partial charge in [0.05, 0.1) is 11.0 Å². The summed E-state index contributed by atoms with van der Waals surface area (Å²) in [4.78, 5) is 4.90. The first kappa shape index (κ1) is 19.0. The van der Waals surface area contributed by atoms with E-state index in [1.807, 2.05) is 0 Å². The Morgan fingerprint density at radius 3 is 2.08 bits per heavy atom. The van der Waals surface area contributed by atoms with Gasteiger partial charge in [0.2, 0.25) is 0 Å². The second-order valence-corrected chi connectivity index (χ2v) is 7.10. The summed E-state index contributed by atoms with van der Waals surface area (Å²) in [6, 6.07) is 8.60. The number of nitrogens with zero attached hydrogens (tertiary/aromatic N) is 2. The molecule has 0 saturated carbocycles. The number of aromatic nitrogens is 2. The molecule has 0 unspecified atom stereocenters. The van der Waals surface area contributed by atoms with Gasteiger partial charge in [0.15, 0.2) is 0 Å². The molecule has 24 heavy (non-hydrogen) atoms. The summed E-state index contributed by atoms with van der Waals surface area (Å²) < 4.78 is 2.46. The second kappa shape index (κ2) is 11.3. The van der Waals surface area contributed by atoms with Crippen LogP contribution >= 0.6 is 0 Å². The van der Waals surface area contributed by atoms with E-state index in [1.165, 1.54) is 87.5 Å². The third-order valence-electron chi connectivity index (χ3n) is 4.97. The molecule has 0 aliphatic carbocycles. The molecule has 0 amide bonds. The van der Waals surface area contributed by atoms with Crippen LogP contribution < -0.4 is 0 Å². The van der Waals surface area contributed by atoms with Crippen LogP contribution in [0, 0.1) is 0 Å². The minimum Gasteiger partial charge on any atom is -0.328 e. The predicted molar refractivity (Wildman–Crippen MR) is 106 cm³/mol. The van der Waals surface area contributed by atoms with Gasteiger partial charge in [0, 0.05) is 13.0 Å². The van der Waals surface area contributed by atoms with Crippen molar-refractivity contribution in [3.63, 3.8) is 0 Å². The molecule has 1 heterocycles. The first-order chi connectivity index (χ1) is 11.9. The molecular formula is C22H36N2. The number of para-hydroxylation sites is 2. The van der Waals surface area contributed by atoms with Crippen molar-refractivity contribution in [2.75, 3.05) is 0 Å². The van der Waals surface area contributed by atoms with E-state index in [4.69, 9.17) is 4.98 Å². The fourth-order valence-electron chi connectivity index (χ4n) is 3.48. The van der Waals surface area contributed by atoms with E-state index < -0.39 is 0 Å². The third-order valence-corrected chi connectivity index (χ3v) is 4.97. The van der Waals surface area contributed by atoms with E-state index in [0.717, 1.165) is 13.0 Å². The van der Waals surface area contributed by atoms with Gasteiger partial charge in [0.25, 0.3) is 0 Å². The van der Waals surface area contributed by atoms with Crippen LogP contribution in [0.3, 0.4) is 0 Å². The SMILES string of the molecule is CCCCCCCCCCCc1nc2ccccc2n1CCCC. The second-order valence-electron chi connectivity index (χ2n) is 7.10. The standard InChI is InChI=1S/C22H36N2/c1-3-5-7-8-9-10-11-12-13-18-22-23-20-16-14-15-17-21(20)24(22)19-6-4-2/h14-17H,3-13,18-19H2,1-2H3. The number of aryl methyl sites for hydroxylation is 2. The Bertz CT molecular complexity index is 570. The molecule has 134 valence electrons. The van der Waals surface area contributed by atoms with Crippen molar-refractivity contribution in [1.29, 1.82) is 0 Å². The molecule has 0 aliphatic heterocycles. The molecule has 0 bridgehead atoms. The Labute approximate surface area is 148 Å². The maximum atomic E-state index is 4.90. The van der Waals surface area contributed by atoms with Crippen LogP contribution in [0.4, 0.5) is 0 Å². The van der Waals surface area contributed by atoms with E-state index in [-0.39, 0.29) is 0 Å². The summed E-state index contributed by atoms with van der Waals surface area (Å²) in [5.41, 5.74) is 2.48. The molecule has 0 radical (unpaired) electrons. The number of benzene rings is 1. The molecule has 2 rings (SSSR count). The molecule has 2 aromatic rings. The number of rotatable bonds is 13. The van der Waals surface area contributed by atoms with Gasteiger partial charge < -0.3 is 4.57 Å². The predicted octanol–water partition coefficient (Wildman–Crippen LogP) is 6.91. The molecular weight excluding hydrogens is 292 g/mol. The Hall–Kier alpha value is -1.31. The van der Waals surface area contributed by atoms with Crippen molar-refractivity contribution in [3.05, 3.63) is 30.1 Å². The molecule has 1 aromatic carbocycles. The summed E-state index contributed by atoms with van der Waals surface area (Å²) >= 11 is 0. The van der Waals surface area contributed by atoms with Crippen molar-refractivity contribution in [3.8, 4) is 0 Å². The molecule has 2 heteroatoms. The zero-order valence-corrected chi connectivity index (χ0v) is 15.9. The number of unbranched alkanes of at least 4 members (excludes halogenated alkanes) is 9.